The molecule has 0 bridgehead atoms. The highest BCUT2D eigenvalue weighted by Gasteiger charge is 2.34. The lowest BCUT2D eigenvalue weighted by Crippen LogP contribution is -2.10. The first kappa shape index (κ1) is 13.4. The predicted octanol–water partition coefficient (Wildman–Crippen LogP) is 2.35. The smallest absolute Gasteiger partial charge is 0.419 e. The minimum Gasteiger partial charge on any atom is -0.481 e. The first-order valence-electron chi connectivity index (χ1n) is 4.48. The lowest BCUT2D eigenvalue weighted by molar-refractivity contribution is -0.141. The van der Waals surface area contributed by atoms with Crippen molar-refractivity contribution in [3.8, 4) is 0 Å². The van der Waals surface area contributed by atoms with E-state index < -0.39 is 36.1 Å². The van der Waals surface area contributed by atoms with Gasteiger partial charge in [-0.25, -0.2) is 4.39 Å². The fourth-order valence-corrected chi connectivity index (χ4v) is 1.25. The Morgan fingerprint density at radius 1 is 1.35 bits per heavy atom. The molecule has 0 saturated heterocycles. The maximum atomic E-state index is 13.1. The number of carboxylic acids is 1. The van der Waals surface area contributed by atoms with Gasteiger partial charge < -0.3 is 10.2 Å². The third-order valence-corrected chi connectivity index (χ3v) is 2.05. The summed E-state index contributed by atoms with van der Waals surface area (Å²) in [6, 6.07) is 1.80. The SMILES string of the molecule is O=C(O)C[C@@H](O)c1ccc(C(F)(F)F)c(F)c1. The second-order valence-electron chi connectivity index (χ2n) is 3.35. The van der Waals surface area contributed by atoms with Crippen LogP contribution in [0.15, 0.2) is 18.2 Å². The molecule has 0 aliphatic heterocycles. The maximum Gasteiger partial charge on any atom is 0.419 e. The Morgan fingerprint density at radius 2 is 1.94 bits per heavy atom. The van der Waals surface area contributed by atoms with Gasteiger partial charge >= 0.3 is 12.1 Å². The van der Waals surface area contributed by atoms with Crippen LogP contribution in [0.4, 0.5) is 17.6 Å². The zero-order valence-electron chi connectivity index (χ0n) is 8.33. The summed E-state index contributed by atoms with van der Waals surface area (Å²) < 4.78 is 49.7. The van der Waals surface area contributed by atoms with Crippen molar-refractivity contribution in [3.05, 3.63) is 35.1 Å². The third-order valence-electron chi connectivity index (χ3n) is 2.05. The van der Waals surface area contributed by atoms with Gasteiger partial charge in [0.2, 0.25) is 0 Å². The summed E-state index contributed by atoms with van der Waals surface area (Å²) in [5, 5.41) is 17.6. The number of halogens is 4. The van der Waals surface area contributed by atoms with Crippen LogP contribution in [-0.2, 0) is 11.0 Å². The van der Waals surface area contributed by atoms with Crippen LogP contribution in [0.25, 0.3) is 0 Å². The van der Waals surface area contributed by atoms with Crippen LogP contribution in [0.5, 0.6) is 0 Å². The Morgan fingerprint density at radius 3 is 2.35 bits per heavy atom. The number of benzene rings is 1. The second-order valence-corrected chi connectivity index (χ2v) is 3.35. The molecular formula is C10H8F4O3. The van der Waals surface area contributed by atoms with E-state index in [0.29, 0.717) is 12.1 Å². The molecule has 0 heterocycles. The van der Waals surface area contributed by atoms with E-state index in [9.17, 15) is 27.5 Å². The number of hydrogen-bond acceptors (Lipinski definition) is 2. The Kier molecular flexibility index (Phi) is 3.72. The van der Waals surface area contributed by atoms with Crippen molar-refractivity contribution in [1.82, 2.24) is 0 Å². The van der Waals surface area contributed by atoms with Gasteiger partial charge in [0.25, 0.3) is 0 Å². The lowest BCUT2D eigenvalue weighted by atomic mass is 10.0. The van der Waals surface area contributed by atoms with Crippen LogP contribution in [0.1, 0.15) is 23.7 Å². The molecule has 0 fully saturated rings. The van der Waals surface area contributed by atoms with Gasteiger partial charge in [-0.3, -0.25) is 4.79 Å². The van der Waals surface area contributed by atoms with Crippen molar-refractivity contribution in [2.45, 2.75) is 18.7 Å². The monoisotopic (exact) mass is 252 g/mol. The van der Waals surface area contributed by atoms with Crippen LogP contribution >= 0.6 is 0 Å². The topological polar surface area (TPSA) is 57.5 Å². The van der Waals surface area contributed by atoms with E-state index in [4.69, 9.17) is 5.11 Å². The van der Waals surface area contributed by atoms with Gasteiger partial charge in [0.15, 0.2) is 0 Å². The molecule has 0 radical (unpaired) electrons. The van der Waals surface area contributed by atoms with Gasteiger partial charge in [0.1, 0.15) is 5.82 Å². The molecule has 1 rings (SSSR count). The molecule has 2 N–H and O–H groups in total. The predicted molar refractivity (Wildman–Crippen MR) is 48.6 cm³/mol. The molecule has 0 aromatic heterocycles. The Balaban J connectivity index is 3.00. The number of rotatable bonds is 3. The van der Waals surface area contributed by atoms with E-state index in [1.54, 1.807) is 0 Å². The van der Waals surface area contributed by atoms with Crippen molar-refractivity contribution in [2.24, 2.45) is 0 Å². The normalized spacial score (nSPS) is 13.5. The number of aliphatic hydroxyl groups is 1. The lowest BCUT2D eigenvalue weighted by Gasteiger charge is -2.12. The molecule has 3 nitrogen and oxygen atoms in total. The second kappa shape index (κ2) is 4.70. The number of aliphatic carboxylic acids is 1. The van der Waals surface area contributed by atoms with Crippen LogP contribution in [0.3, 0.4) is 0 Å². The molecule has 0 aliphatic rings. The van der Waals surface area contributed by atoms with E-state index in [-0.39, 0.29) is 5.56 Å². The van der Waals surface area contributed by atoms with Gasteiger partial charge in [-0.2, -0.15) is 13.2 Å². The van der Waals surface area contributed by atoms with Crippen LogP contribution in [-0.4, -0.2) is 16.2 Å². The number of aliphatic hydroxyl groups excluding tert-OH is 1. The fraction of sp³-hybridized carbons (Fsp3) is 0.300. The van der Waals surface area contributed by atoms with Crippen LogP contribution < -0.4 is 0 Å². The first-order valence-corrected chi connectivity index (χ1v) is 4.48. The summed E-state index contributed by atoms with van der Waals surface area (Å²) >= 11 is 0. The zero-order chi connectivity index (χ0) is 13.2. The van der Waals surface area contributed by atoms with Crippen molar-refractivity contribution in [1.29, 1.82) is 0 Å². The highest BCUT2D eigenvalue weighted by Crippen LogP contribution is 2.32. The first-order chi connectivity index (χ1) is 7.71. The molecule has 94 valence electrons. The Labute approximate surface area is 93.3 Å². The average molecular weight is 252 g/mol. The van der Waals surface area contributed by atoms with Gasteiger partial charge in [0, 0.05) is 0 Å². The van der Waals surface area contributed by atoms with E-state index in [1.165, 1.54) is 0 Å². The van der Waals surface area contributed by atoms with Crippen molar-refractivity contribution < 1.29 is 32.6 Å². The molecule has 0 saturated carbocycles. The molecule has 1 atom stereocenters. The largest absolute Gasteiger partial charge is 0.481 e. The third kappa shape index (κ3) is 3.42. The van der Waals surface area contributed by atoms with Gasteiger partial charge in [-0.05, 0) is 17.7 Å². The van der Waals surface area contributed by atoms with Crippen LogP contribution in [0, 0.1) is 5.82 Å². The molecule has 0 unspecified atom stereocenters. The standard InChI is InChI=1S/C10H8F4O3/c11-7-3-5(8(15)4-9(16)17)1-2-6(7)10(12,13)14/h1-3,8,15H,4H2,(H,16,17)/t8-/m1/s1. The quantitative estimate of drug-likeness (QED) is 0.812. The zero-order valence-corrected chi connectivity index (χ0v) is 8.33. The minimum absolute atomic E-state index is 0.210. The van der Waals surface area contributed by atoms with Gasteiger partial charge in [-0.1, -0.05) is 6.07 Å². The summed E-state index contributed by atoms with van der Waals surface area (Å²) in [6.45, 7) is 0. The molecule has 1 aromatic rings. The van der Waals surface area contributed by atoms with E-state index in [1.807, 2.05) is 0 Å². The molecule has 1 aromatic carbocycles. The number of alkyl halides is 3. The Bertz CT molecular complexity index is 428. The average Bonchev–Trinajstić information content (AvgIpc) is 2.14. The maximum absolute atomic E-state index is 13.1. The van der Waals surface area contributed by atoms with Crippen molar-refractivity contribution in [3.63, 3.8) is 0 Å². The summed E-state index contributed by atoms with van der Waals surface area (Å²) in [7, 11) is 0. The van der Waals surface area contributed by atoms with E-state index in [2.05, 4.69) is 0 Å². The highest BCUT2D eigenvalue weighted by atomic mass is 19.4. The molecule has 0 amide bonds. The number of carbonyl (C=O) groups is 1. The van der Waals surface area contributed by atoms with Crippen molar-refractivity contribution >= 4 is 5.97 Å². The molecule has 7 heteroatoms. The highest BCUT2D eigenvalue weighted by molar-refractivity contribution is 5.67. The van der Waals surface area contributed by atoms with E-state index in [0.717, 1.165) is 6.07 Å². The summed E-state index contributed by atoms with van der Waals surface area (Å²) in [6.07, 6.45) is -7.06. The molecular weight excluding hydrogens is 244 g/mol. The fourth-order valence-electron chi connectivity index (χ4n) is 1.25. The van der Waals surface area contributed by atoms with Gasteiger partial charge in [-0.15, -0.1) is 0 Å². The number of hydrogen-bond donors (Lipinski definition) is 2. The summed E-state index contributed by atoms with van der Waals surface area (Å²) in [4.78, 5) is 10.3. The van der Waals surface area contributed by atoms with Crippen molar-refractivity contribution in [2.75, 3.05) is 0 Å². The molecule has 0 spiro atoms. The van der Waals surface area contributed by atoms with Crippen LogP contribution in [0.2, 0.25) is 0 Å². The number of carboxylic acid groups (broad SMARTS) is 1. The molecule has 0 aliphatic carbocycles. The summed E-state index contributed by atoms with van der Waals surface area (Å²) in [5.74, 6) is -2.88. The Hall–Kier alpha value is -1.63. The van der Waals surface area contributed by atoms with Gasteiger partial charge in [0.05, 0.1) is 18.1 Å². The minimum atomic E-state index is -4.82. The summed E-state index contributed by atoms with van der Waals surface area (Å²) in [5.41, 5.74) is -1.67. The van der Waals surface area contributed by atoms with E-state index >= 15 is 0 Å². The molecule has 17 heavy (non-hydrogen) atoms.